The maximum Gasteiger partial charge on any atom is 0.196 e. The summed E-state index contributed by atoms with van der Waals surface area (Å²) in [5.74, 6) is 0.427. The van der Waals surface area contributed by atoms with Crippen molar-refractivity contribution in [3.63, 3.8) is 0 Å². The summed E-state index contributed by atoms with van der Waals surface area (Å²) in [5.41, 5.74) is 2.28. The molecular weight excluding hydrogens is 248 g/mol. The fourth-order valence-corrected chi connectivity index (χ4v) is 1.88. The second kappa shape index (κ2) is 5.23. The molecule has 0 bridgehead atoms. The number of halogens is 1. The average molecular weight is 261 g/mol. The van der Waals surface area contributed by atoms with Gasteiger partial charge in [-0.3, -0.25) is 4.79 Å². The van der Waals surface area contributed by atoms with Crippen LogP contribution >= 0.6 is 11.6 Å². The van der Waals surface area contributed by atoms with Crippen LogP contribution in [0, 0.1) is 6.92 Å². The molecular formula is C15H13ClO2. The minimum absolute atomic E-state index is 0.0662. The highest BCUT2D eigenvalue weighted by Gasteiger charge is 2.14. The second-order valence-corrected chi connectivity index (χ2v) is 4.48. The zero-order valence-corrected chi connectivity index (χ0v) is 11.0. The first-order valence-corrected chi connectivity index (χ1v) is 5.94. The lowest BCUT2D eigenvalue weighted by Crippen LogP contribution is -2.03. The van der Waals surface area contributed by atoms with Crippen LogP contribution in [0.2, 0.25) is 5.02 Å². The standard InChI is InChI=1S/C15H13ClO2/c1-10-3-5-11(6-4-10)15(17)13-8-7-12(16)9-14(13)18-2/h3-9H,1-2H3. The minimum atomic E-state index is -0.0662. The largest absolute Gasteiger partial charge is 0.496 e. The number of rotatable bonds is 3. The number of aryl methyl sites for hydroxylation is 1. The highest BCUT2D eigenvalue weighted by Crippen LogP contribution is 2.25. The van der Waals surface area contributed by atoms with Gasteiger partial charge < -0.3 is 4.74 Å². The van der Waals surface area contributed by atoms with E-state index in [1.165, 1.54) is 7.11 Å². The van der Waals surface area contributed by atoms with E-state index >= 15 is 0 Å². The first-order chi connectivity index (χ1) is 8.61. The molecule has 0 saturated carbocycles. The molecule has 0 amide bonds. The van der Waals surface area contributed by atoms with Gasteiger partial charge in [0.25, 0.3) is 0 Å². The number of hydrogen-bond donors (Lipinski definition) is 0. The molecule has 0 unspecified atom stereocenters. The van der Waals surface area contributed by atoms with Gasteiger partial charge in [0.2, 0.25) is 0 Å². The number of ketones is 1. The number of carbonyl (C=O) groups excluding carboxylic acids is 1. The predicted octanol–water partition coefficient (Wildman–Crippen LogP) is 3.89. The summed E-state index contributed by atoms with van der Waals surface area (Å²) in [6.07, 6.45) is 0. The van der Waals surface area contributed by atoms with Gasteiger partial charge in [0.05, 0.1) is 12.7 Å². The topological polar surface area (TPSA) is 26.3 Å². The zero-order chi connectivity index (χ0) is 13.1. The zero-order valence-electron chi connectivity index (χ0n) is 10.2. The minimum Gasteiger partial charge on any atom is -0.496 e. The molecule has 0 aliphatic rings. The first kappa shape index (κ1) is 12.7. The van der Waals surface area contributed by atoms with Crippen molar-refractivity contribution in [3.8, 4) is 5.75 Å². The maximum atomic E-state index is 12.3. The van der Waals surface area contributed by atoms with E-state index < -0.39 is 0 Å². The Morgan fingerprint density at radius 1 is 1.11 bits per heavy atom. The summed E-state index contributed by atoms with van der Waals surface area (Å²) in [7, 11) is 1.53. The van der Waals surface area contributed by atoms with Gasteiger partial charge in [-0.25, -0.2) is 0 Å². The van der Waals surface area contributed by atoms with Crippen molar-refractivity contribution in [3.05, 3.63) is 64.2 Å². The van der Waals surface area contributed by atoms with Crippen molar-refractivity contribution < 1.29 is 9.53 Å². The van der Waals surface area contributed by atoms with Crippen molar-refractivity contribution in [1.82, 2.24) is 0 Å². The maximum absolute atomic E-state index is 12.3. The summed E-state index contributed by atoms with van der Waals surface area (Å²) in [6, 6.07) is 12.5. The van der Waals surface area contributed by atoms with E-state index in [1.807, 2.05) is 31.2 Å². The Morgan fingerprint density at radius 3 is 2.39 bits per heavy atom. The van der Waals surface area contributed by atoms with Crippen LogP contribution < -0.4 is 4.74 Å². The molecule has 0 atom stereocenters. The molecule has 0 aliphatic heterocycles. The average Bonchev–Trinajstić information content (AvgIpc) is 2.38. The van der Waals surface area contributed by atoms with Gasteiger partial charge in [0.1, 0.15) is 5.75 Å². The van der Waals surface area contributed by atoms with Crippen molar-refractivity contribution in [2.45, 2.75) is 6.92 Å². The normalized spacial score (nSPS) is 10.2. The first-order valence-electron chi connectivity index (χ1n) is 5.56. The third-order valence-electron chi connectivity index (χ3n) is 2.72. The van der Waals surface area contributed by atoms with Crippen LogP contribution in [-0.4, -0.2) is 12.9 Å². The van der Waals surface area contributed by atoms with E-state index in [0.29, 0.717) is 21.9 Å². The van der Waals surface area contributed by atoms with Gasteiger partial charge in [-0.1, -0.05) is 41.4 Å². The molecule has 0 spiro atoms. The van der Waals surface area contributed by atoms with Crippen molar-refractivity contribution in [2.24, 2.45) is 0 Å². The van der Waals surface area contributed by atoms with E-state index in [9.17, 15) is 4.79 Å². The molecule has 2 rings (SSSR count). The number of ether oxygens (including phenoxy) is 1. The van der Waals surface area contributed by atoms with Gasteiger partial charge >= 0.3 is 0 Å². The van der Waals surface area contributed by atoms with Crippen molar-refractivity contribution in [2.75, 3.05) is 7.11 Å². The smallest absolute Gasteiger partial charge is 0.196 e. The molecule has 0 N–H and O–H groups in total. The van der Waals surface area contributed by atoms with Crippen molar-refractivity contribution >= 4 is 17.4 Å². The highest BCUT2D eigenvalue weighted by molar-refractivity contribution is 6.31. The number of carbonyl (C=O) groups is 1. The lowest BCUT2D eigenvalue weighted by Gasteiger charge is -2.08. The molecule has 0 radical (unpaired) electrons. The Hall–Kier alpha value is -1.80. The third kappa shape index (κ3) is 2.54. The molecule has 0 fully saturated rings. The van der Waals surface area contributed by atoms with E-state index in [4.69, 9.17) is 16.3 Å². The molecule has 92 valence electrons. The Morgan fingerprint density at radius 2 is 1.78 bits per heavy atom. The van der Waals surface area contributed by atoms with Crippen molar-refractivity contribution in [1.29, 1.82) is 0 Å². The Bertz CT molecular complexity index is 574. The molecule has 0 aromatic heterocycles. The van der Waals surface area contributed by atoms with Crippen LogP contribution in [0.4, 0.5) is 0 Å². The summed E-state index contributed by atoms with van der Waals surface area (Å²) >= 11 is 5.88. The molecule has 18 heavy (non-hydrogen) atoms. The fourth-order valence-electron chi connectivity index (χ4n) is 1.71. The quantitative estimate of drug-likeness (QED) is 0.783. The monoisotopic (exact) mass is 260 g/mol. The van der Waals surface area contributed by atoms with Crippen LogP contribution in [0.3, 0.4) is 0 Å². The van der Waals surface area contributed by atoms with Crippen LogP contribution in [0.15, 0.2) is 42.5 Å². The van der Waals surface area contributed by atoms with Crippen LogP contribution in [0.1, 0.15) is 21.5 Å². The summed E-state index contributed by atoms with van der Waals surface area (Å²) in [6.45, 7) is 1.98. The Kier molecular flexibility index (Phi) is 3.68. The van der Waals surface area contributed by atoms with E-state index in [1.54, 1.807) is 18.2 Å². The fraction of sp³-hybridized carbons (Fsp3) is 0.133. The molecule has 2 nitrogen and oxygen atoms in total. The molecule has 2 aromatic rings. The molecule has 2 aromatic carbocycles. The van der Waals surface area contributed by atoms with E-state index in [2.05, 4.69) is 0 Å². The Balaban J connectivity index is 2.42. The summed E-state index contributed by atoms with van der Waals surface area (Å²) in [4.78, 5) is 12.3. The lowest BCUT2D eigenvalue weighted by atomic mass is 10.0. The van der Waals surface area contributed by atoms with Gasteiger partial charge in [-0.2, -0.15) is 0 Å². The molecule has 0 heterocycles. The lowest BCUT2D eigenvalue weighted by molar-refractivity contribution is 0.103. The highest BCUT2D eigenvalue weighted by atomic mass is 35.5. The van der Waals surface area contributed by atoms with E-state index in [-0.39, 0.29) is 5.78 Å². The number of hydrogen-bond acceptors (Lipinski definition) is 2. The van der Waals surface area contributed by atoms with E-state index in [0.717, 1.165) is 5.56 Å². The van der Waals surface area contributed by atoms with Gasteiger partial charge in [0.15, 0.2) is 5.78 Å². The third-order valence-corrected chi connectivity index (χ3v) is 2.96. The summed E-state index contributed by atoms with van der Waals surface area (Å²) in [5, 5.41) is 0.548. The van der Waals surface area contributed by atoms with Gasteiger partial charge in [-0.15, -0.1) is 0 Å². The molecule has 0 aliphatic carbocycles. The molecule has 0 saturated heterocycles. The molecule has 3 heteroatoms. The number of benzene rings is 2. The SMILES string of the molecule is COc1cc(Cl)ccc1C(=O)c1ccc(C)cc1. The second-order valence-electron chi connectivity index (χ2n) is 4.04. The van der Waals surface area contributed by atoms with Crippen LogP contribution in [0.25, 0.3) is 0 Å². The van der Waals surface area contributed by atoms with Crippen LogP contribution in [0.5, 0.6) is 5.75 Å². The Labute approximate surface area is 111 Å². The predicted molar refractivity (Wildman–Crippen MR) is 72.6 cm³/mol. The van der Waals surface area contributed by atoms with Gasteiger partial charge in [-0.05, 0) is 25.1 Å². The van der Waals surface area contributed by atoms with Crippen LogP contribution in [-0.2, 0) is 0 Å². The number of methoxy groups -OCH3 is 1. The summed E-state index contributed by atoms with van der Waals surface area (Å²) < 4.78 is 5.19. The van der Waals surface area contributed by atoms with Gasteiger partial charge in [0, 0.05) is 10.6 Å².